The third-order valence-corrected chi connectivity index (χ3v) is 4.82. The van der Waals surface area contributed by atoms with Crippen LogP contribution in [0.1, 0.15) is 25.3 Å². The molecule has 0 unspecified atom stereocenters. The fourth-order valence-corrected chi connectivity index (χ4v) is 3.01. The van der Waals surface area contributed by atoms with Gasteiger partial charge in [-0.05, 0) is 50.9 Å². The summed E-state index contributed by atoms with van der Waals surface area (Å²) in [4.78, 5) is 27.7. The van der Waals surface area contributed by atoms with E-state index >= 15 is 0 Å². The van der Waals surface area contributed by atoms with E-state index < -0.39 is 0 Å². The smallest absolute Gasteiger partial charge is 0.239 e. The molecule has 1 saturated heterocycles. The number of nitrogens with two attached hydrogens (primary N) is 1. The fraction of sp³-hybridized carbons (Fsp3) is 0.556. The second-order valence-electron chi connectivity index (χ2n) is 6.56. The standard InChI is InChI=1S/C18H26FN3O2/c1-13(18(24)22-10-3-4-15(12-22)17(20)23)21(2)11-9-14-5-7-16(19)8-6-14/h5-8,13,15H,3-4,9-12H2,1-2H3,(H2,20,23)/t13-,15-/m0/s1. The van der Waals surface area contributed by atoms with E-state index in [0.29, 0.717) is 19.6 Å². The highest BCUT2D eigenvalue weighted by Crippen LogP contribution is 2.18. The van der Waals surface area contributed by atoms with Crippen LogP contribution in [0, 0.1) is 11.7 Å². The van der Waals surface area contributed by atoms with Crippen LogP contribution in [-0.4, -0.2) is 54.3 Å². The van der Waals surface area contributed by atoms with Crippen molar-refractivity contribution in [1.29, 1.82) is 0 Å². The van der Waals surface area contributed by atoms with Crippen molar-refractivity contribution in [3.05, 3.63) is 35.6 Å². The molecule has 1 aliphatic rings. The molecule has 2 amide bonds. The summed E-state index contributed by atoms with van der Waals surface area (Å²) < 4.78 is 12.9. The normalized spacial score (nSPS) is 19.3. The number of nitrogens with zero attached hydrogens (tertiary/aromatic N) is 2. The van der Waals surface area contributed by atoms with Crippen LogP contribution in [0.3, 0.4) is 0 Å². The van der Waals surface area contributed by atoms with E-state index in [9.17, 15) is 14.0 Å². The second kappa shape index (κ2) is 8.24. The van der Waals surface area contributed by atoms with E-state index in [0.717, 1.165) is 24.8 Å². The van der Waals surface area contributed by atoms with Gasteiger partial charge in [-0.3, -0.25) is 14.5 Å². The van der Waals surface area contributed by atoms with Gasteiger partial charge in [-0.2, -0.15) is 0 Å². The maximum atomic E-state index is 12.9. The fourth-order valence-electron chi connectivity index (χ4n) is 3.01. The second-order valence-corrected chi connectivity index (χ2v) is 6.56. The van der Waals surface area contributed by atoms with Gasteiger partial charge in [-0.15, -0.1) is 0 Å². The number of carbonyl (C=O) groups excluding carboxylic acids is 2. The number of amides is 2. The molecule has 5 nitrogen and oxygen atoms in total. The van der Waals surface area contributed by atoms with Gasteiger partial charge in [0.25, 0.3) is 0 Å². The van der Waals surface area contributed by atoms with E-state index in [1.807, 2.05) is 18.9 Å². The molecule has 132 valence electrons. The lowest BCUT2D eigenvalue weighted by Crippen LogP contribution is -2.51. The molecule has 0 radical (unpaired) electrons. The zero-order valence-corrected chi connectivity index (χ0v) is 14.4. The lowest BCUT2D eigenvalue weighted by atomic mass is 9.97. The summed E-state index contributed by atoms with van der Waals surface area (Å²) in [6.07, 6.45) is 2.32. The number of primary amides is 1. The Balaban J connectivity index is 1.87. The number of halogens is 1. The highest BCUT2D eigenvalue weighted by Gasteiger charge is 2.30. The van der Waals surface area contributed by atoms with Gasteiger partial charge in [0, 0.05) is 19.6 Å². The van der Waals surface area contributed by atoms with Crippen molar-refractivity contribution in [2.75, 3.05) is 26.7 Å². The number of hydrogen-bond donors (Lipinski definition) is 1. The molecule has 0 spiro atoms. The van der Waals surface area contributed by atoms with Crippen molar-refractivity contribution in [2.45, 2.75) is 32.2 Å². The predicted octanol–water partition coefficient (Wildman–Crippen LogP) is 1.41. The molecule has 1 aromatic rings. The molecule has 1 fully saturated rings. The number of rotatable bonds is 6. The molecular formula is C18H26FN3O2. The van der Waals surface area contributed by atoms with Crippen molar-refractivity contribution in [2.24, 2.45) is 11.7 Å². The predicted molar refractivity (Wildman–Crippen MR) is 90.7 cm³/mol. The summed E-state index contributed by atoms with van der Waals surface area (Å²) in [6, 6.07) is 6.15. The molecule has 0 bridgehead atoms. The average molecular weight is 335 g/mol. The van der Waals surface area contributed by atoms with Crippen LogP contribution in [0.5, 0.6) is 0 Å². The molecule has 24 heavy (non-hydrogen) atoms. The summed E-state index contributed by atoms with van der Waals surface area (Å²) in [7, 11) is 1.90. The Labute approximate surface area is 142 Å². The molecule has 2 N–H and O–H groups in total. The van der Waals surface area contributed by atoms with Gasteiger partial charge in [0.05, 0.1) is 12.0 Å². The monoisotopic (exact) mass is 335 g/mol. The van der Waals surface area contributed by atoms with Crippen molar-refractivity contribution < 1.29 is 14.0 Å². The lowest BCUT2D eigenvalue weighted by Gasteiger charge is -2.35. The largest absolute Gasteiger partial charge is 0.369 e. The van der Waals surface area contributed by atoms with Gasteiger partial charge < -0.3 is 10.6 Å². The van der Waals surface area contributed by atoms with E-state index in [-0.39, 0.29) is 29.6 Å². The summed E-state index contributed by atoms with van der Waals surface area (Å²) >= 11 is 0. The Morgan fingerprint density at radius 1 is 1.38 bits per heavy atom. The summed E-state index contributed by atoms with van der Waals surface area (Å²) in [5.74, 6) is -0.781. The van der Waals surface area contributed by atoms with Gasteiger partial charge in [0.1, 0.15) is 5.82 Å². The first-order valence-electron chi connectivity index (χ1n) is 8.41. The van der Waals surface area contributed by atoms with Gasteiger partial charge >= 0.3 is 0 Å². The Morgan fingerprint density at radius 3 is 2.67 bits per heavy atom. The van der Waals surface area contributed by atoms with Crippen LogP contribution in [-0.2, 0) is 16.0 Å². The average Bonchev–Trinajstić information content (AvgIpc) is 2.59. The highest BCUT2D eigenvalue weighted by molar-refractivity contribution is 5.83. The molecule has 1 aliphatic heterocycles. The lowest BCUT2D eigenvalue weighted by molar-refractivity contribution is -0.139. The Bertz CT molecular complexity index is 576. The molecule has 0 aromatic heterocycles. The Morgan fingerprint density at radius 2 is 2.04 bits per heavy atom. The van der Waals surface area contributed by atoms with E-state index in [2.05, 4.69) is 0 Å². The van der Waals surface area contributed by atoms with Crippen molar-refractivity contribution in [3.8, 4) is 0 Å². The van der Waals surface area contributed by atoms with Gasteiger partial charge in [-0.1, -0.05) is 12.1 Å². The minimum absolute atomic E-state index is 0.0301. The van der Waals surface area contributed by atoms with Crippen LogP contribution >= 0.6 is 0 Å². The van der Waals surface area contributed by atoms with Crippen molar-refractivity contribution in [3.63, 3.8) is 0 Å². The number of hydrogen-bond acceptors (Lipinski definition) is 3. The molecule has 1 aromatic carbocycles. The maximum Gasteiger partial charge on any atom is 0.239 e. The Hall–Kier alpha value is -1.95. The van der Waals surface area contributed by atoms with Crippen LogP contribution in [0.2, 0.25) is 0 Å². The summed E-state index contributed by atoms with van der Waals surface area (Å²) in [5.41, 5.74) is 6.41. The van der Waals surface area contributed by atoms with Gasteiger partial charge in [-0.25, -0.2) is 4.39 Å². The van der Waals surface area contributed by atoms with Gasteiger partial charge in [0.15, 0.2) is 0 Å². The highest BCUT2D eigenvalue weighted by atomic mass is 19.1. The first-order chi connectivity index (χ1) is 11.4. The quantitative estimate of drug-likeness (QED) is 0.855. The first kappa shape index (κ1) is 18.4. The van der Waals surface area contributed by atoms with Crippen LogP contribution < -0.4 is 5.73 Å². The van der Waals surface area contributed by atoms with Gasteiger partial charge in [0.2, 0.25) is 11.8 Å². The number of benzene rings is 1. The Kier molecular flexibility index (Phi) is 6.31. The number of piperidine rings is 1. The van der Waals surface area contributed by atoms with Crippen LogP contribution in [0.15, 0.2) is 24.3 Å². The van der Waals surface area contributed by atoms with E-state index in [1.165, 1.54) is 12.1 Å². The SMILES string of the molecule is C[C@@H](C(=O)N1CCC[C@H](C(N)=O)C1)N(C)CCc1ccc(F)cc1. The molecule has 2 rings (SSSR count). The van der Waals surface area contributed by atoms with Crippen molar-refractivity contribution >= 4 is 11.8 Å². The van der Waals surface area contributed by atoms with Crippen LogP contribution in [0.4, 0.5) is 4.39 Å². The van der Waals surface area contributed by atoms with E-state index in [1.54, 1.807) is 17.0 Å². The molecule has 0 saturated carbocycles. The van der Waals surface area contributed by atoms with E-state index in [4.69, 9.17) is 5.73 Å². The van der Waals surface area contributed by atoms with Crippen molar-refractivity contribution in [1.82, 2.24) is 9.80 Å². The van der Waals surface area contributed by atoms with Crippen LogP contribution in [0.25, 0.3) is 0 Å². The summed E-state index contributed by atoms with van der Waals surface area (Å²) in [6.45, 7) is 3.68. The number of carbonyl (C=O) groups is 2. The zero-order chi connectivity index (χ0) is 17.7. The third-order valence-electron chi connectivity index (χ3n) is 4.82. The molecule has 6 heteroatoms. The minimum Gasteiger partial charge on any atom is -0.369 e. The summed E-state index contributed by atoms with van der Waals surface area (Å²) in [5, 5.41) is 0. The topological polar surface area (TPSA) is 66.6 Å². The molecular weight excluding hydrogens is 309 g/mol. The number of likely N-dealkylation sites (tertiary alicyclic amines) is 1. The maximum absolute atomic E-state index is 12.9. The minimum atomic E-state index is -0.329. The molecule has 2 atom stereocenters. The first-order valence-corrected chi connectivity index (χ1v) is 8.41. The molecule has 1 heterocycles. The molecule has 0 aliphatic carbocycles. The number of likely N-dealkylation sites (N-methyl/N-ethyl adjacent to an activating group) is 1. The third kappa shape index (κ3) is 4.77. The zero-order valence-electron chi connectivity index (χ0n) is 14.4.